The summed E-state index contributed by atoms with van der Waals surface area (Å²) in [6, 6.07) is 61.1. The summed E-state index contributed by atoms with van der Waals surface area (Å²) in [5, 5.41) is 6.85. The van der Waals surface area contributed by atoms with Gasteiger partial charge < -0.3 is 8.83 Å². The van der Waals surface area contributed by atoms with Gasteiger partial charge in [0.2, 0.25) is 0 Å². The lowest BCUT2D eigenvalue weighted by molar-refractivity contribution is 0.669. The average molecular weight is 748 g/mol. The van der Waals surface area contributed by atoms with Crippen molar-refractivity contribution in [3.63, 3.8) is 0 Å². The molecule has 4 heterocycles. The Hall–Kier alpha value is -7.41. The van der Waals surface area contributed by atoms with Gasteiger partial charge in [0.05, 0.1) is 0 Å². The zero-order chi connectivity index (χ0) is 37.5. The molecule has 12 aromatic rings. The third-order valence-corrected chi connectivity index (χ3v) is 12.1. The van der Waals surface area contributed by atoms with Crippen molar-refractivity contribution in [2.75, 3.05) is 0 Å². The van der Waals surface area contributed by atoms with Crippen LogP contribution in [0.4, 0.5) is 0 Å². The lowest BCUT2D eigenvalue weighted by Crippen LogP contribution is -2.00. The normalized spacial score (nSPS) is 11.9. The highest BCUT2D eigenvalue weighted by atomic mass is 32.1. The number of fused-ring (bicyclic) bond motifs is 9. The molecule has 0 saturated carbocycles. The summed E-state index contributed by atoms with van der Waals surface area (Å²) in [4.78, 5) is 15.0. The highest BCUT2D eigenvalue weighted by Crippen LogP contribution is 2.41. The number of aromatic nitrogens is 3. The van der Waals surface area contributed by atoms with Crippen LogP contribution in [-0.4, -0.2) is 15.0 Å². The summed E-state index contributed by atoms with van der Waals surface area (Å²) in [5.41, 5.74) is 10.5. The molecule has 0 aliphatic rings. The first kappa shape index (κ1) is 31.9. The lowest BCUT2D eigenvalue weighted by atomic mass is 9.93. The molecular weight excluding hydrogens is 719 g/mol. The van der Waals surface area contributed by atoms with Crippen LogP contribution in [0.5, 0.6) is 0 Å². The summed E-state index contributed by atoms with van der Waals surface area (Å²) in [6.07, 6.45) is 0. The van der Waals surface area contributed by atoms with E-state index < -0.39 is 0 Å². The highest BCUT2D eigenvalue weighted by molar-refractivity contribution is 7.25. The molecule has 0 radical (unpaired) electrons. The third kappa shape index (κ3) is 5.26. The van der Waals surface area contributed by atoms with Gasteiger partial charge in [0.1, 0.15) is 22.3 Å². The number of hydrogen-bond acceptors (Lipinski definition) is 6. The minimum absolute atomic E-state index is 0.566. The molecule has 0 saturated heterocycles. The molecule has 4 aromatic heterocycles. The van der Waals surface area contributed by atoms with E-state index in [4.69, 9.17) is 23.8 Å². The van der Waals surface area contributed by atoms with Crippen LogP contribution in [0.2, 0.25) is 0 Å². The summed E-state index contributed by atoms with van der Waals surface area (Å²) in [7, 11) is 0. The predicted octanol–water partition coefficient (Wildman–Crippen LogP) is 14.4. The summed E-state index contributed by atoms with van der Waals surface area (Å²) >= 11 is 1.84. The Labute approximate surface area is 330 Å². The van der Waals surface area contributed by atoms with Crippen LogP contribution in [-0.2, 0) is 0 Å². The largest absolute Gasteiger partial charge is 0.456 e. The van der Waals surface area contributed by atoms with Crippen molar-refractivity contribution < 1.29 is 8.83 Å². The zero-order valence-electron chi connectivity index (χ0n) is 30.3. The van der Waals surface area contributed by atoms with Crippen molar-refractivity contribution in [1.82, 2.24) is 15.0 Å². The molecule has 0 aliphatic heterocycles. The van der Waals surface area contributed by atoms with Gasteiger partial charge in [0.15, 0.2) is 17.5 Å². The Kier molecular flexibility index (Phi) is 7.03. The molecule has 12 rings (SSSR count). The lowest BCUT2D eigenvalue weighted by Gasteiger charge is -2.10. The fourth-order valence-corrected chi connectivity index (χ4v) is 9.32. The smallest absolute Gasteiger partial charge is 0.164 e. The number of thiophene rings is 1. The van der Waals surface area contributed by atoms with Crippen LogP contribution in [0, 0.1) is 0 Å². The van der Waals surface area contributed by atoms with Crippen molar-refractivity contribution in [3.05, 3.63) is 176 Å². The minimum Gasteiger partial charge on any atom is -0.456 e. The van der Waals surface area contributed by atoms with E-state index in [0.717, 1.165) is 71.7 Å². The molecule has 0 spiro atoms. The van der Waals surface area contributed by atoms with Crippen molar-refractivity contribution in [2.24, 2.45) is 0 Å². The van der Waals surface area contributed by atoms with Crippen LogP contribution in [0.1, 0.15) is 0 Å². The van der Waals surface area contributed by atoms with E-state index >= 15 is 0 Å². The van der Waals surface area contributed by atoms with E-state index in [-0.39, 0.29) is 0 Å². The van der Waals surface area contributed by atoms with Crippen molar-refractivity contribution in [3.8, 4) is 56.4 Å². The van der Waals surface area contributed by atoms with Gasteiger partial charge in [0, 0.05) is 58.4 Å². The number of rotatable bonds is 5. The zero-order valence-corrected chi connectivity index (χ0v) is 31.1. The predicted molar refractivity (Wildman–Crippen MR) is 234 cm³/mol. The van der Waals surface area contributed by atoms with E-state index in [1.807, 2.05) is 72.0 Å². The molecule has 6 heteroatoms. The molecule has 0 N–H and O–H groups in total. The SMILES string of the molecule is c1ccc(-c2nc(-c3ccc4c(c3)oc3ccccc34)nc(-c3ccc4c(c3)oc3cc(-c5ccccc5-c5ccc6c(c5)sc5ccccc56)ccc34)n2)cc1. The van der Waals surface area contributed by atoms with E-state index in [9.17, 15) is 0 Å². The van der Waals surface area contributed by atoms with Gasteiger partial charge in [-0.25, -0.2) is 15.0 Å². The molecule has 0 fully saturated rings. The van der Waals surface area contributed by atoms with Crippen LogP contribution in [0.25, 0.3) is 120 Å². The fourth-order valence-electron chi connectivity index (χ4n) is 8.18. The second-order valence-corrected chi connectivity index (χ2v) is 15.4. The molecule has 5 nitrogen and oxygen atoms in total. The second kappa shape index (κ2) is 12.6. The Morgan fingerprint density at radius 3 is 1.40 bits per heavy atom. The average Bonchev–Trinajstić information content (AvgIpc) is 3.96. The number of furan rings is 2. The van der Waals surface area contributed by atoms with Crippen LogP contribution < -0.4 is 0 Å². The summed E-state index contributed by atoms with van der Waals surface area (Å²) in [5.74, 6) is 1.73. The number of hydrogen-bond donors (Lipinski definition) is 0. The van der Waals surface area contributed by atoms with E-state index in [0.29, 0.717) is 17.5 Å². The summed E-state index contributed by atoms with van der Waals surface area (Å²) < 4.78 is 15.5. The van der Waals surface area contributed by atoms with Gasteiger partial charge in [-0.1, -0.05) is 121 Å². The summed E-state index contributed by atoms with van der Waals surface area (Å²) in [6.45, 7) is 0. The van der Waals surface area contributed by atoms with Gasteiger partial charge in [0.25, 0.3) is 0 Å². The van der Waals surface area contributed by atoms with Gasteiger partial charge in [-0.2, -0.15) is 0 Å². The van der Waals surface area contributed by atoms with E-state index in [2.05, 4.69) is 115 Å². The van der Waals surface area contributed by atoms with E-state index in [1.165, 1.54) is 31.3 Å². The molecular formula is C51H29N3O2S. The molecule has 57 heavy (non-hydrogen) atoms. The fraction of sp³-hybridized carbons (Fsp3) is 0. The molecule has 0 amide bonds. The molecule has 0 bridgehead atoms. The first-order chi connectivity index (χ1) is 28.2. The maximum Gasteiger partial charge on any atom is 0.164 e. The Balaban J connectivity index is 0.948. The molecule has 0 aliphatic carbocycles. The van der Waals surface area contributed by atoms with Gasteiger partial charge in [-0.05, 0) is 76.9 Å². The second-order valence-electron chi connectivity index (χ2n) is 14.4. The Bertz CT molecular complexity index is 3540. The van der Waals surface area contributed by atoms with Crippen molar-refractivity contribution >= 4 is 75.4 Å². The van der Waals surface area contributed by atoms with Gasteiger partial charge in [-0.3, -0.25) is 0 Å². The van der Waals surface area contributed by atoms with Gasteiger partial charge >= 0.3 is 0 Å². The monoisotopic (exact) mass is 747 g/mol. The quantitative estimate of drug-likeness (QED) is 0.175. The van der Waals surface area contributed by atoms with Crippen LogP contribution >= 0.6 is 11.3 Å². The number of para-hydroxylation sites is 1. The first-order valence-electron chi connectivity index (χ1n) is 18.9. The Morgan fingerprint density at radius 1 is 0.298 bits per heavy atom. The number of nitrogens with zero attached hydrogens (tertiary/aromatic N) is 3. The number of benzene rings is 8. The molecule has 0 unspecified atom stereocenters. The van der Waals surface area contributed by atoms with Crippen LogP contribution in [0.3, 0.4) is 0 Å². The standard InChI is InChI=1S/C51H29N3O2S/c1-2-10-30(11-3-1)49-52-50(33-20-23-38-37-14-6-8-16-43(37)55-45(38)27-33)54-51(53-49)34-21-24-40-39-22-18-31(26-44(39)56-46(40)28-34)35-12-4-5-13-36(35)32-19-25-42-41-15-7-9-17-47(41)57-48(42)29-32/h1-29H. The highest BCUT2D eigenvalue weighted by Gasteiger charge is 2.17. The molecule has 8 aromatic carbocycles. The maximum absolute atomic E-state index is 6.64. The van der Waals surface area contributed by atoms with Crippen molar-refractivity contribution in [1.29, 1.82) is 0 Å². The first-order valence-corrected chi connectivity index (χ1v) is 19.7. The molecule has 0 atom stereocenters. The van der Waals surface area contributed by atoms with Crippen LogP contribution in [0.15, 0.2) is 185 Å². The minimum atomic E-state index is 0.566. The van der Waals surface area contributed by atoms with E-state index in [1.54, 1.807) is 0 Å². The van der Waals surface area contributed by atoms with Gasteiger partial charge in [-0.15, -0.1) is 11.3 Å². The maximum atomic E-state index is 6.64. The molecule has 266 valence electrons. The Morgan fingerprint density at radius 2 is 0.737 bits per heavy atom. The third-order valence-electron chi connectivity index (χ3n) is 11.0. The topological polar surface area (TPSA) is 65.0 Å². The van der Waals surface area contributed by atoms with Crippen molar-refractivity contribution in [2.45, 2.75) is 0 Å².